The molecule has 5 nitrogen and oxygen atoms in total. The maximum atomic E-state index is 11.4. The maximum Gasteiger partial charge on any atom is 0.330 e. The van der Waals surface area contributed by atoms with E-state index in [0.29, 0.717) is 6.04 Å². The Balaban J connectivity index is 1.50. The van der Waals surface area contributed by atoms with Crippen molar-refractivity contribution in [1.82, 2.24) is 9.88 Å². The van der Waals surface area contributed by atoms with Crippen molar-refractivity contribution in [3.8, 4) is 0 Å². The van der Waals surface area contributed by atoms with E-state index in [-0.39, 0.29) is 5.97 Å². The van der Waals surface area contributed by atoms with Gasteiger partial charge in [-0.3, -0.25) is 4.90 Å². The molecule has 1 heterocycles. The summed E-state index contributed by atoms with van der Waals surface area (Å²) in [6.07, 6.45) is 8.59. The quantitative estimate of drug-likeness (QED) is 0.410. The number of hydrogen-bond donors (Lipinski definition) is 1. The van der Waals surface area contributed by atoms with Crippen molar-refractivity contribution < 1.29 is 14.3 Å². The lowest BCUT2D eigenvalue weighted by Crippen LogP contribution is -2.32. The van der Waals surface area contributed by atoms with Crippen molar-refractivity contribution in [2.45, 2.75) is 25.3 Å². The number of hydrogen-bond acceptors (Lipinski definition) is 4. The molecule has 1 aliphatic rings. The summed E-state index contributed by atoms with van der Waals surface area (Å²) in [5, 5.41) is 1.31. The molecule has 0 fully saturated rings. The highest BCUT2D eigenvalue weighted by atomic mass is 16.5. The fraction of sp³-hybridized carbons (Fsp3) is 0.346. The highest BCUT2D eigenvalue weighted by Gasteiger charge is 2.27. The first-order chi connectivity index (χ1) is 15.2. The molecular formula is C26H30N2O3. The van der Waals surface area contributed by atoms with Crippen molar-refractivity contribution in [3.63, 3.8) is 0 Å². The number of esters is 1. The van der Waals surface area contributed by atoms with Gasteiger partial charge in [0.25, 0.3) is 0 Å². The van der Waals surface area contributed by atoms with Crippen LogP contribution in [-0.2, 0) is 27.1 Å². The number of aromatic amines is 1. The molecule has 0 spiro atoms. The fourth-order valence-electron chi connectivity index (χ4n) is 4.56. The van der Waals surface area contributed by atoms with Gasteiger partial charge in [0.05, 0.1) is 13.7 Å². The molecular weight excluding hydrogens is 388 g/mol. The number of carbonyl (C=O) groups is 1. The van der Waals surface area contributed by atoms with Crippen molar-refractivity contribution in [3.05, 3.63) is 77.0 Å². The summed E-state index contributed by atoms with van der Waals surface area (Å²) < 4.78 is 10.1. The van der Waals surface area contributed by atoms with E-state index < -0.39 is 0 Å². The fourth-order valence-corrected chi connectivity index (χ4v) is 4.56. The molecule has 0 saturated carbocycles. The van der Waals surface area contributed by atoms with Crippen molar-refractivity contribution in [2.75, 3.05) is 33.9 Å². The lowest BCUT2D eigenvalue weighted by atomic mass is 10.0. The first kappa shape index (κ1) is 21.3. The van der Waals surface area contributed by atoms with Crippen LogP contribution in [0.15, 0.2) is 54.7 Å². The van der Waals surface area contributed by atoms with Gasteiger partial charge in [-0.25, -0.2) is 4.79 Å². The molecule has 0 bridgehead atoms. The lowest BCUT2D eigenvalue weighted by molar-refractivity contribution is -0.134. The minimum Gasteiger partial charge on any atom is -0.466 e. The Bertz CT molecular complexity index is 1070. The van der Waals surface area contributed by atoms with Crippen LogP contribution in [-0.4, -0.2) is 49.8 Å². The molecule has 0 aliphatic heterocycles. The van der Waals surface area contributed by atoms with Gasteiger partial charge in [-0.15, -0.1) is 0 Å². The Kier molecular flexibility index (Phi) is 6.85. The van der Waals surface area contributed by atoms with Crippen LogP contribution in [0.4, 0.5) is 0 Å². The van der Waals surface area contributed by atoms with Gasteiger partial charge >= 0.3 is 5.97 Å². The minimum atomic E-state index is -0.332. The van der Waals surface area contributed by atoms with E-state index in [9.17, 15) is 4.79 Å². The summed E-state index contributed by atoms with van der Waals surface area (Å²) in [5.41, 5.74) is 6.35. The highest BCUT2D eigenvalue weighted by molar-refractivity contribution is 5.87. The lowest BCUT2D eigenvalue weighted by Gasteiger charge is -2.29. The molecule has 3 aromatic rings. The van der Waals surface area contributed by atoms with Gasteiger partial charge in [0.1, 0.15) is 0 Å². The molecule has 1 aliphatic carbocycles. The number of benzene rings is 2. The smallest absolute Gasteiger partial charge is 0.330 e. The molecule has 5 heteroatoms. The summed E-state index contributed by atoms with van der Waals surface area (Å²) in [4.78, 5) is 17.3. The van der Waals surface area contributed by atoms with Crippen LogP contribution >= 0.6 is 0 Å². The van der Waals surface area contributed by atoms with Crippen LogP contribution in [0, 0.1) is 0 Å². The third kappa shape index (κ3) is 4.89. The maximum absolute atomic E-state index is 11.4. The zero-order valence-electron chi connectivity index (χ0n) is 18.3. The predicted octanol–water partition coefficient (Wildman–Crippen LogP) is 4.53. The summed E-state index contributed by atoms with van der Waals surface area (Å²) in [7, 11) is 3.16. The van der Waals surface area contributed by atoms with Crippen molar-refractivity contribution >= 4 is 22.9 Å². The first-order valence-corrected chi connectivity index (χ1v) is 10.9. The second kappa shape index (κ2) is 9.94. The molecule has 0 saturated heterocycles. The summed E-state index contributed by atoms with van der Waals surface area (Å²) in [5.74, 6) is -0.332. The van der Waals surface area contributed by atoms with Crippen molar-refractivity contribution in [1.29, 1.82) is 0 Å². The van der Waals surface area contributed by atoms with E-state index in [0.717, 1.165) is 44.5 Å². The number of rotatable bonds is 9. The normalized spacial score (nSPS) is 15.8. The van der Waals surface area contributed by atoms with Crippen LogP contribution in [0.2, 0.25) is 0 Å². The van der Waals surface area contributed by atoms with Crippen molar-refractivity contribution in [2.24, 2.45) is 0 Å². The van der Waals surface area contributed by atoms with Gasteiger partial charge in [-0.05, 0) is 53.7 Å². The monoisotopic (exact) mass is 418 g/mol. The third-order valence-electron chi connectivity index (χ3n) is 6.19. The van der Waals surface area contributed by atoms with Crippen LogP contribution in [0.25, 0.3) is 17.0 Å². The molecule has 162 valence electrons. The number of nitrogens with one attached hydrogen (secondary N) is 1. The Morgan fingerprint density at radius 3 is 2.90 bits per heavy atom. The number of fused-ring (bicyclic) bond motifs is 2. The SMILES string of the molecule is COCCN(CCc1c[nH]c2ccccc12)C1CCc2cc(C=CC(=O)OC)ccc21. The Morgan fingerprint density at radius 1 is 1.19 bits per heavy atom. The van der Waals surface area contributed by atoms with E-state index in [1.807, 2.05) is 6.08 Å². The number of para-hydroxylation sites is 1. The van der Waals surface area contributed by atoms with Gasteiger partial charge < -0.3 is 14.5 Å². The number of methoxy groups -OCH3 is 2. The average molecular weight is 419 g/mol. The average Bonchev–Trinajstić information content (AvgIpc) is 3.41. The molecule has 1 unspecified atom stereocenters. The number of carbonyl (C=O) groups excluding carboxylic acids is 1. The largest absolute Gasteiger partial charge is 0.466 e. The van der Waals surface area contributed by atoms with E-state index >= 15 is 0 Å². The summed E-state index contributed by atoms with van der Waals surface area (Å²) in [6, 6.07) is 15.4. The molecule has 2 aromatic carbocycles. The molecule has 0 radical (unpaired) electrons. The number of H-pyrrole nitrogens is 1. The minimum absolute atomic E-state index is 0.332. The third-order valence-corrected chi connectivity index (χ3v) is 6.19. The number of aromatic nitrogens is 1. The second-order valence-electron chi connectivity index (χ2n) is 8.01. The zero-order chi connectivity index (χ0) is 21.6. The zero-order valence-corrected chi connectivity index (χ0v) is 18.3. The molecule has 0 amide bonds. The van der Waals surface area contributed by atoms with Gasteiger partial charge in [0, 0.05) is 49.4 Å². The highest BCUT2D eigenvalue weighted by Crippen LogP contribution is 2.36. The number of ether oxygens (including phenoxy) is 2. The standard InChI is InChI=1S/C26H30N2O3/c1-30-16-15-28(14-13-21-18-27-24-6-4-3-5-22(21)24)25-11-9-20-17-19(7-10-23(20)25)8-12-26(29)31-2/h3-8,10,12,17-18,25,27H,9,11,13-16H2,1-2H3. The van der Waals surface area contributed by atoms with Crippen LogP contribution in [0.1, 0.15) is 34.7 Å². The van der Waals surface area contributed by atoms with Gasteiger partial charge in [-0.1, -0.05) is 36.4 Å². The molecule has 1 N–H and O–H groups in total. The topological polar surface area (TPSA) is 54.6 Å². The Hall–Kier alpha value is -2.89. The Labute approximate surface area is 183 Å². The van der Waals surface area contributed by atoms with Crippen LogP contribution < -0.4 is 0 Å². The molecule has 31 heavy (non-hydrogen) atoms. The van der Waals surface area contributed by atoms with Crippen LogP contribution in [0.3, 0.4) is 0 Å². The molecule has 1 atom stereocenters. The van der Waals surface area contributed by atoms with E-state index in [2.05, 4.69) is 63.3 Å². The van der Waals surface area contributed by atoms with E-state index in [1.165, 1.54) is 40.8 Å². The Morgan fingerprint density at radius 2 is 2.06 bits per heavy atom. The second-order valence-corrected chi connectivity index (χ2v) is 8.01. The number of nitrogens with zero attached hydrogens (tertiary/aromatic N) is 1. The first-order valence-electron chi connectivity index (χ1n) is 10.9. The number of aryl methyl sites for hydroxylation is 1. The van der Waals surface area contributed by atoms with Gasteiger partial charge in [0.2, 0.25) is 0 Å². The van der Waals surface area contributed by atoms with E-state index in [1.54, 1.807) is 7.11 Å². The summed E-state index contributed by atoms with van der Waals surface area (Å²) >= 11 is 0. The van der Waals surface area contributed by atoms with Crippen LogP contribution in [0.5, 0.6) is 0 Å². The van der Waals surface area contributed by atoms with Gasteiger partial charge in [0.15, 0.2) is 0 Å². The molecule has 1 aromatic heterocycles. The summed E-state index contributed by atoms with van der Waals surface area (Å²) in [6.45, 7) is 2.62. The van der Waals surface area contributed by atoms with Gasteiger partial charge in [-0.2, -0.15) is 0 Å². The van der Waals surface area contributed by atoms with E-state index in [4.69, 9.17) is 4.74 Å². The molecule has 4 rings (SSSR count). The predicted molar refractivity (Wildman–Crippen MR) is 124 cm³/mol.